The van der Waals surface area contributed by atoms with Crippen LogP contribution >= 0.6 is 27.5 Å². The standard InChI is InChI=1S/C13H14BrN3S/c1-8(10-3-2-4-11(14)7-10)15-13-16-12(17-18-13)9-5-6-9/h2-4,7-9H,5-6H2,1H3,(H,15,16,17). The number of hydrogen-bond donors (Lipinski definition) is 1. The minimum absolute atomic E-state index is 0.238. The molecule has 5 heteroatoms. The Hall–Kier alpha value is -0.940. The van der Waals surface area contributed by atoms with Crippen LogP contribution in [0.3, 0.4) is 0 Å². The van der Waals surface area contributed by atoms with Crippen LogP contribution in [0, 0.1) is 0 Å². The maximum Gasteiger partial charge on any atom is 0.203 e. The summed E-state index contributed by atoms with van der Waals surface area (Å²) in [4.78, 5) is 4.54. The van der Waals surface area contributed by atoms with Gasteiger partial charge in [0.2, 0.25) is 5.13 Å². The van der Waals surface area contributed by atoms with Crippen LogP contribution in [0.2, 0.25) is 0 Å². The summed E-state index contributed by atoms with van der Waals surface area (Å²) in [5.41, 5.74) is 1.24. The number of rotatable bonds is 4. The molecule has 1 aromatic heterocycles. The molecule has 1 N–H and O–H groups in total. The Labute approximate surface area is 119 Å². The molecule has 0 spiro atoms. The molecule has 1 atom stereocenters. The molecule has 0 bridgehead atoms. The molecule has 0 radical (unpaired) electrons. The zero-order chi connectivity index (χ0) is 12.5. The highest BCUT2D eigenvalue weighted by Crippen LogP contribution is 2.39. The molecule has 3 rings (SSSR count). The van der Waals surface area contributed by atoms with Gasteiger partial charge in [0.05, 0.1) is 6.04 Å². The first-order chi connectivity index (χ1) is 8.72. The Kier molecular flexibility index (Phi) is 3.35. The molecule has 18 heavy (non-hydrogen) atoms. The first-order valence-corrected chi connectivity index (χ1v) is 7.64. The quantitative estimate of drug-likeness (QED) is 0.908. The maximum atomic E-state index is 4.54. The molecule has 94 valence electrons. The molecule has 1 unspecified atom stereocenters. The molecule has 0 amide bonds. The number of benzene rings is 1. The average Bonchev–Trinajstić information content (AvgIpc) is 3.11. The van der Waals surface area contributed by atoms with Gasteiger partial charge in [-0.1, -0.05) is 28.1 Å². The molecule has 1 aliphatic carbocycles. The number of aromatic nitrogens is 2. The molecular formula is C13H14BrN3S. The SMILES string of the molecule is CC(Nc1nc(C2CC2)ns1)c1cccc(Br)c1. The third-order valence-corrected chi connectivity index (χ3v) is 4.23. The second-order valence-electron chi connectivity index (χ2n) is 4.65. The lowest BCUT2D eigenvalue weighted by molar-refractivity contribution is 0.874. The van der Waals surface area contributed by atoms with Crippen molar-refractivity contribution in [2.24, 2.45) is 0 Å². The maximum absolute atomic E-state index is 4.54. The van der Waals surface area contributed by atoms with Crippen LogP contribution in [0.15, 0.2) is 28.7 Å². The van der Waals surface area contributed by atoms with Crippen LogP contribution < -0.4 is 5.32 Å². The molecule has 3 nitrogen and oxygen atoms in total. The van der Waals surface area contributed by atoms with Gasteiger partial charge in [0.15, 0.2) is 0 Å². The van der Waals surface area contributed by atoms with E-state index in [1.807, 2.05) is 12.1 Å². The van der Waals surface area contributed by atoms with Crippen LogP contribution in [0.5, 0.6) is 0 Å². The van der Waals surface area contributed by atoms with Gasteiger partial charge in [-0.15, -0.1) is 0 Å². The van der Waals surface area contributed by atoms with Crippen molar-refractivity contribution in [2.45, 2.75) is 31.7 Å². The van der Waals surface area contributed by atoms with Crippen molar-refractivity contribution in [3.8, 4) is 0 Å². The van der Waals surface area contributed by atoms with E-state index in [9.17, 15) is 0 Å². The summed E-state index contributed by atoms with van der Waals surface area (Å²) < 4.78 is 5.50. The summed E-state index contributed by atoms with van der Waals surface area (Å²) in [5, 5.41) is 4.33. The summed E-state index contributed by atoms with van der Waals surface area (Å²) in [7, 11) is 0. The van der Waals surface area contributed by atoms with E-state index in [1.54, 1.807) is 0 Å². The number of hydrogen-bond acceptors (Lipinski definition) is 4. The van der Waals surface area contributed by atoms with Gasteiger partial charge in [-0.25, -0.2) is 4.98 Å². The third-order valence-electron chi connectivity index (χ3n) is 3.07. The van der Waals surface area contributed by atoms with E-state index >= 15 is 0 Å². The Bertz CT molecular complexity index is 551. The fraction of sp³-hybridized carbons (Fsp3) is 0.385. The van der Waals surface area contributed by atoms with E-state index in [0.717, 1.165) is 15.4 Å². The van der Waals surface area contributed by atoms with Crippen molar-refractivity contribution < 1.29 is 0 Å². The van der Waals surface area contributed by atoms with E-state index in [2.05, 4.69) is 49.7 Å². The summed E-state index contributed by atoms with van der Waals surface area (Å²) in [6, 6.07) is 8.56. The van der Waals surface area contributed by atoms with E-state index < -0.39 is 0 Å². The van der Waals surface area contributed by atoms with Crippen LogP contribution in [-0.2, 0) is 0 Å². The molecular weight excluding hydrogens is 310 g/mol. The number of nitrogens with zero attached hydrogens (tertiary/aromatic N) is 2. The normalized spacial score (nSPS) is 16.6. The first kappa shape index (κ1) is 12.1. The van der Waals surface area contributed by atoms with Crippen LogP contribution in [0.4, 0.5) is 5.13 Å². The zero-order valence-corrected chi connectivity index (χ0v) is 12.5. The van der Waals surface area contributed by atoms with Crippen molar-refractivity contribution in [2.75, 3.05) is 5.32 Å². The predicted octanol–water partition coefficient (Wildman–Crippen LogP) is 4.35. The fourth-order valence-corrected chi connectivity index (χ4v) is 3.00. The third kappa shape index (κ3) is 2.72. The van der Waals surface area contributed by atoms with E-state index in [-0.39, 0.29) is 6.04 Å². The topological polar surface area (TPSA) is 37.8 Å². The van der Waals surface area contributed by atoms with E-state index in [0.29, 0.717) is 5.92 Å². The number of nitrogens with one attached hydrogen (secondary N) is 1. The summed E-state index contributed by atoms with van der Waals surface area (Å²) in [6.45, 7) is 2.14. The predicted molar refractivity (Wildman–Crippen MR) is 78.1 cm³/mol. The monoisotopic (exact) mass is 323 g/mol. The lowest BCUT2D eigenvalue weighted by atomic mass is 10.1. The van der Waals surface area contributed by atoms with Gasteiger partial charge in [-0.2, -0.15) is 4.37 Å². The van der Waals surface area contributed by atoms with Gasteiger partial charge in [0.1, 0.15) is 5.82 Å². The van der Waals surface area contributed by atoms with Gasteiger partial charge in [0, 0.05) is 21.9 Å². The van der Waals surface area contributed by atoms with Gasteiger partial charge in [-0.05, 0) is 37.5 Å². The lowest BCUT2D eigenvalue weighted by Gasteiger charge is -2.13. The van der Waals surface area contributed by atoms with Crippen molar-refractivity contribution in [3.05, 3.63) is 40.1 Å². The fourth-order valence-electron chi connectivity index (χ4n) is 1.85. The van der Waals surface area contributed by atoms with E-state index in [1.165, 1.54) is 29.9 Å². The van der Waals surface area contributed by atoms with Gasteiger partial charge in [0.25, 0.3) is 0 Å². The summed E-state index contributed by atoms with van der Waals surface area (Å²) in [6.07, 6.45) is 2.49. The zero-order valence-electron chi connectivity index (χ0n) is 10.1. The Morgan fingerprint density at radius 3 is 3.00 bits per heavy atom. The smallest absolute Gasteiger partial charge is 0.203 e. The molecule has 0 saturated heterocycles. The lowest BCUT2D eigenvalue weighted by Crippen LogP contribution is -2.06. The van der Waals surface area contributed by atoms with Gasteiger partial charge in [-0.3, -0.25) is 0 Å². The summed E-state index contributed by atoms with van der Waals surface area (Å²) >= 11 is 4.96. The van der Waals surface area contributed by atoms with Gasteiger partial charge >= 0.3 is 0 Å². The Morgan fingerprint density at radius 1 is 1.44 bits per heavy atom. The molecule has 0 aliphatic heterocycles. The Morgan fingerprint density at radius 2 is 2.28 bits per heavy atom. The van der Waals surface area contributed by atoms with Crippen molar-refractivity contribution in [1.82, 2.24) is 9.36 Å². The van der Waals surface area contributed by atoms with Crippen LogP contribution in [-0.4, -0.2) is 9.36 Å². The number of anilines is 1. The van der Waals surface area contributed by atoms with Crippen molar-refractivity contribution in [3.63, 3.8) is 0 Å². The number of halogens is 1. The molecule has 1 aliphatic rings. The molecule has 1 fully saturated rings. The van der Waals surface area contributed by atoms with Crippen molar-refractivity contribution >= 4 is 32.6 Å². The molecule has 1 heterocycles. The highest BCUT2D eigenvalue weighted by atomic mass is 79.9. The highest BCUT2D eigenvalue weighted by Gasteiger charge is 2.27. The second kappa shape index (κ2) is 4.97. The van der Waals surface area contributed by atoms with Gasteiger partial charge < -0.3 is 5.32 Å². The average molecular weight is 324 g/mol. The minimum atomic E-state index is 0.238. The highest BCUT2D eigenvalue weighted by molar-refractivity contribution is 9.10. The Balaban J connectivity index is 1.70. The molecule has 1 aromatic carbocycles. The van der Waals surface area contributed by atoms with Crippen molar-refractivity contribution in [1.29, 1.82) is 0 Å². The van der Waals surface area contributed by atoms with E-state index in [4.69, 9.17) is 0 Å². The van der Waals surface area contributed by atoms with Crippen LogP contribution in [0.1, 0.15) is 43.1 Å². The van der Waals surface area contributed by atoms with Crippen LogP contribution in [0.25, 0.3) is 0 Å². The largest absolute Gasteiger partial charge is 0.354 e. The first-order valence-electron chi connectivity index (χ1n) is 6.08. The summed E-state index contributed by atoms with van der Waals surface area (Å²) in [5.74, 6) is 1.64. The molecule has 2 aromatic rings. The minimum Gasteiger partial charge on any atom is -0.354 e. The molecule has 1 saturated carbocycles. The second-order valence-corrected chi connectivity index (χ2v) is 6.32.